The average molecular weight is 345 g/mol. The Bertz CT molecular complexity index is 678. The zero-order valence-electron chi connectivity index (χ0n) is 14.5. The predicted molar refractivity (Wildman–Crippen MR) is 92.1 cm³/mol. The van der Waals surface area contributed by atoms with Crippen LogP contribution in [0, 0.1) is 0 Å². The van der Waals surface area contributed by atoms with E-state index in [2.05, 4.69) is 15.5 Å². The van der Waals surface area contributed by atoms with Crippen molar-refractivity contribution < 1.29 is 19.1 Å². The van der Waals surface area contributed by atoms with Gasteiger partial charge in [0.05, 0.1) is 25.8 Å². The second-order valence-corrected chi connectivity index (χ2v) is 6.17. The molecule has 7 nitrogen and oxygen atoms in total. The molecule has 2 N–H and O–H groups in total. The van der Waals surface area contributed by atoms with E-state index >= 15 is 0 Å². The number of esters is 1. The standard InChI is InChI=1S/C18H23N3O4/c1-24-13-7-5-12(6-8-13)16-15(17(22)25-2)14(19-18(23)20-16)11-21-9-3-4-10-21/h5-8,16H,3-4,9-11H2,1-2H3,(H2,19,20,23)/t16-/m1/s1. The fourth-order valence-electron chi connectivity index (χ4n) is 3.30. The molecule has 2 amide bonds. The van der Waals surface area contributed by atoms with Crippen molar-refractivity contribution in [3.8, 4) is 5.75 Å². The van der Waals surface area contributed by atoms with Gasteiger partial charge in [-0.25, -0.2) is 9.59 Å². The molecule has 2 aliphatic rings. The first-order valence-electron chi connectivity index (χ1n) is 8.37. The SMILES string of the molecule is COC(=O)C1=C(CN2CCCC2)NC(=O)N[C@@H]1c1ccc(OC)cc1. The molecule has 1 saturated heterocycles. The highest BCUT2D eigenvalue weighted by Crippen LogP contribution is 2.29. The number of likely N-dealkylation sites (tertiary alicyclic amines) is 1. The molecule has 0 unspecified atom stereocenters. The first kappa shape index (κ1) is 17.3. The van der Waals surface area contributed by atoms with E-state index in [1.54, 1.807) is 19.2 Å². The third-order valence-electron chi connectivity index (χ3n) is 4.59. The van der Waals surface area contributed by atoms with Gasteiger partial charge in [0.25, 0.3) is 0 Å². The van der Waals surface area contributed by atoms with E-state index in [9.17, 15) is 9.59 Å². The van der Waals surface area contributed by atoms with Gasteiger partial charge < -0.3 is 20.1 Å². The van der Waals surface area contributed by atoms with Crippen LogP contribution in [-0.4, -0.2) is 50.8 Å². The van der Waals surface area contributed by atoms with Crippen LogP contribution in [-0.2, 0) is 9.53 Å². The topological polar surface area (TPSA) is 79.9 Å². The maximum absolute atomic E-state index is 12.4. The molecule has 134 valence electrons. The molecule has 0 aliphatic carbocycles. The second-order valence-electron chi connectivity index (χ2n) is 6.17. The summed E-state index contributed by atoms with van der Waals surface area (Å²) in [6, 6.07) is 6.42. The van der Waals surface area contributed by atoms with E-state index in [0.717, 1.165) is 31.5 Å². The average Bonchev–Trinajstić information content (AvgIpc) is 3.13. The van der Waals surface area contributed by atoms with Crippen molar-refractivity contribution in [1.29, 1.82) is 0 Å². The number of nitrogens with zero attached hydrogens (tertiary/aromatic N) is 1. The first-order valence-corrected chi connectivity index (χ1v) is 8.37. The van der Waals surface area contributed by atoms with Crippen molar-refractivity contribution in [3.63, 3.8) is 0 Å². The number of carbonyl (C=O) groups is 2. The van der Waals surface area contributed by atoms with Crippen LogP contribution in [0.5, 0.6) is 5.75 Å². The molecular formula is C18H23N3O4. The lowest BCUT2D eigenvalue weighted by molar-refractivity contribution is -0.136. The van der Waals surface area contributed by atoms with Gasteiger partial charge in [0.1, 0.15) is 5.75 Å². The lowest BCUT2D eigenvalue weighted by atomic mass is 9.95. The summed E-state index contributed by atoms with van der Waals surface area (Å²) in [5.74, 6) is 0.271. The number of rotatable bonds is 5. The van der Waals surface area contributed by atoms with Crippen molar-refractivity contribution in [2.45, 2.75) is 18.9 Å². The maximum atomic E-state index is 12.4. The number of nitrogens with one attached hydrogen (secondary N) is 2. The van der Waals surface area contributed by atoms with Gasteiger partial charge in [-0.2, -0.15) is 0 Å². The summed E-state index contributed by atoms with van der Waals surface area (Å²) >= 11 is 0. The van der Waals surface area contributed by atoms with Crippen LogP contribution in [0.3, 0.4) is 0 Å². The van der Waals surface area contributed by atoms with Crippen LogP contribution in [0.2, 0.25) is 0 Å². The molecule has 1 fully saturated rings. The maximum Gasteiger partial charge on any atom is 0.338 e. The molecule has 1 atom stereocenters. The lowest BCUT2D eigenvalue weighted by Crippen LogP contribution is -2.48. The predicted octanol–water partition coefficient (Wildman–Crippen LogP) is 1.57. The van der Waals surface area contributed by atoms with E-state index in [0.29, 0.717) is 23.6 Å². The Morgan fingerprint density at radius 3 is 2.48 bits per heavy atom. The summed E-state index contributed by atoms with van der Waals surface area (Å²) in [5, 5.41) is 5.62. The van der Waals surface area contributed by atoms with Crippen molar-refractivity contribution >= 4 is 12.0 Å². The molecule has 2 heterocycles. The van der Waals surface area contributed by atoms with E-state index in [1.807, 2.05) is 12.1 Å². The van der Waals surface area contributed by atoms with Crippen LogP contribution < -0.4 is 15.4 Å². The van der Waals surface area contributed by atoms with Crippen LogP contribution >= 0.6 is 0 Å². The highest BCUT2D eigenvalue weighted by atomic mass is 16.5. The van der Waals surface area contributed by atoms with Gasteiger partial charge in [-0.15, -0.1) is 0 Å². The monoisotopic (exact) mass is 345 g/mol. The zero-order valence-corrected chi connectivity index (χ0v) is 14.5. The summed E-state index contributed by atoms with van der Waals surface area (Å²) in [6.07, 6.45) is 2.27. The molecule has 1 aromatic rings. The molecule has 0 spiro atoms. The van der Waals surface area contributed by atoms with Crippen LogP contribution in [0.15, 0.2) is 35.5 Å². The number of carbonyl (C=O) groups excluding carboxylic acids is 2. The summed E-state index contributed by atoms with van der Waals surface area (Å²) in [7, 11) is 2.94. The lowest BCUT2D eigenvalue weighted by Gasteiger charge is -2.31. The van der Waals surface area contributed by atoms with Crippen molar-refractivity contribution in [2.75, 3.05) is 33.9 Å². The van der Waals surface area contributed by atoms with E-state index in [4.69, 9.17) is 9.47 Å². The molecule has 25 heavy (non-hydrogen) atoms. The number of ether oxygens (including phenoxy) is 2. The Labute approximate surface area is 147 Å². The Hall–Kier alpha value is -2.54. The van der Waals surface area contributed by atoms with E-state index in [-0.39, 0.29) is 6.03 Å². The quantitative estimate of drug-likeness (QED) is 0.792. The van der Waals surface area contributed by atoms with Gasteiger partial charge in [-0.05, 0) is 43.6 Å². The molecule has 0 radical (unpaired) electrons. The first-order chi connectivity index (χ1) is 12.1. The molecular weight excluding hydrogens is 322 g/mol. The van der Waals surface area contributed by atoms with E-state index < -0.39 is 12.0 Å². The number of methoxy groups -OCH3 is 2. The zero-order chi connectivity index (χ0) is 17.8. The molecule has 1 aromatic carbocycles. The van der Waals surface area contributed by atoms with Gasteiger partial charge in [0.2, 0.25) is 0 Å². The Kier molecular flexibility index (Phi) is 5.23. The van der Waals surface area contributed by atoms with E-state index in [1.165, 1.54) is 7.11 Å². The number of amides is 2. The van der Waals surface area contributed by atoms with Crippen molar-refractivity contribution in [2.24, 2.45) is 0 Å². The Morgan fingerprint density at radius 2 is 1.88 bits per heavy atom. The summed E-state index contributed by atoms with van der Waals surface area (Å²) in [5.41, 5.74) is 1.85. The smallest absolute Gasteiger partial charge is 0.338 e. The van der Waals surface area contributed by atoms with Crippen molar-refractivity contribution in [3.05, 3.63) is 41.1 Å². The minimum atomic E-state index is -0.551. The third-order valence-corrected chi connectivity index (χ3v) is 4.59. The highest BCUT2D eigenvalue weighted by Gasteiger charge is 2.34. The van der Waals surface area contributed by atoms with Crippen LogP contribution in [0.1, 0.15) is 24.4 Å². The fraction of sp³-hybridized carbons (Fsp3) is 0.444. The number of urea groups is 1. The third kappa shape index (κ3) is 3.76. The normalized spacial score (nSPS) is 20.9. The molecule has 0 aromatic heterocycles. The van der Waals surface area contributed by atoms with Crippen molar-refractivity contribution in [1.82, 2.24) is 15.5 Å². The van der Waals surface area contributed by atoms with Gasteiger partial charge in [-0.1, -0.05) is 12.1 Å². The van der Waals surface area contributed by atoms with Gasteiger partial charge >= 0.3 is 12.0 Å². The summed E-state index contributed by atoms with van der Waals surface area (Å²) < 4.78 is 10.2. The highest BCUT2D eigenvalue weighted by molar-refractivity contribution is 5.95. The summed E-state index contributed by atoms with van der Waals surface area (Å²) in [6.45, 7) is 2.47. The van der Waals surface area contributed by atoms with Crippen LogP contribution in [0.4, 0.5) is 4.79 Å². The minimum Gasteiger partial charge on any atom is -0.497 e. The Morgan fingerprint density at radius 1 is 1.20 bits per heavy atom. The number of hydrogen-bond acceptors (Lipinski definition) is 5. The van der Waals surface area contributed by atoms with Gasteiger partial charge in [0.15, 0.2) is 0 Å². The molecule has 2 aliphatic heterocycles. The van der Waals surface area contributed by atoms with Crippen LogP contribution in [0.25, 0.3) is 0 Å². The second kappa shape index (κ2) is 7.57. The largest absolute Gasteiger partial charge is 0.497 e. The molecule has 0 bridgehead atoms. The molecule has 7 heteroatoms. The Balaban J connectivity index is 1.97. The minimum absolute atomic E-state index is 0.317. The van der Waals surface area contributed by atoms with Gasteiger partial charge in [-0.3, -0.25) is 4.90 Å². The van der Waals surface area contributed by atoms with Gasteiger partial charge in [0, 0.05) is 12.2 Å². The number of hydrogen-bond donors (Lipinski definition) is 2. The molecule has 3 rings (SSSR count). The molecule has 0 saturated carbocycles. The fourth-order valence-corrected chi connectivity index (χ4v) is 3.30. The number of benzene rings is 1. The summed E-state index contributed by atoms with van der Waals surface area (Å²) in [4.78, 5) is 26.8.